The van der Waals surface area contributed by atoms with E-state index in [1.54, 1.807) is 0 Å². The van der Waals surface area contributed by atoms with Crippen LogP contribution in [-0.2, 0) is 0 Å². The van der Waals surface area contributed by atoms with Crippen LogP contribution < -0.4 is 0 Å². The Morgan fingerprint density at radius 1 is 0.828 bits per heavy atom. The van der Waals surface area contributed by atoms with Crippen LogP contribution in [0.15, 0.2) is 16.5 Å². The fourth-order valence-corrected chi connectivity index (χ4v) is 2.08. The molecule has 0 radical (unpaired) electrons. The van der Waals surface area contributed by atoms with Crippen molar-refractivity contribution in [2.75, 3.05) is 6.61 Å². The number of carboxylic acids is 2. The Morgan fingerprint density at radius 3 is 1.62 bits per heavy atom. The molecule has 1 heterocycles. The summed E-state index contributed by atoms with van der Waals surface area (Å²) in [5.41, 5.74) is 0. The molecule has 0 spiro atoms. The second-order valence-corrected chi connectivity index (χ2v) is 6.44. The molecule has 0 aliphatic rings. The van der Waals surface area contributed by atoms with Gasteiger partial charge < -0.3 is 35.1 Å². The third-order valence-electron chi connectivity index (χ3n) is 3.68. The molecule has 170 valence electrons. The molecule has 9 nitrogen and oxygen atoms in total. The van der Waals surface area contributed by atoms with Crippen LogP contribution >= 0.6 is 0 Å². The van der Waals surface area contributed by atoms with Crippen molar-refractivity contribution in [3.8, 4) is 0 Å². The van der Waals surface area contributed by atoms with E-state index >= 15 is 0 Å². The Morgan fingerprint density at radius 2 is 1.31 bits per heavy atom. The fourth-order valence-electron chi connectivity index (χ4n) is 2.08. The first-order chi connectivity index (χ1) is 13.7. The van der Waals surface area contributed by atoms with Gasteiger partial charge >= 0.3 is 11.9 Å². The zero-order chi connectivity index (χ0) is 22.7. The predicted octanol–water partition coefficient (Wildman–Crippen LogP) is 2.86. The van der Waals surface area contributed by atoms with Gasteiger partial charge in [-0.25, -0.2) is 9.59 Å². The van der Waals surface area contributed by atoms with Crippen LogP contribution in [-0.4, -0.2) is 61.6 Å². The summed E-state index contributed by atoms with van der Waals surface area (Å²) in [7, 11) is 0. The van der Waals surface area contributed by atoms with Crippen LogP contribution in [0.4, 0.5) is 0 Å². The van der Waals surface area contributed by atoms with E-state index in [1.165, 1.54) is 32.1 Å². The lowest BCUT2D eigenvalue weighted by molar-refractivity contribution is -0.0453. The van der Waals surface area contributed by atoms with Gasteiger partial charge in [-0.1, -0.05) is 58.8 Å². The minimum atomic E-state index is -1.28. The van der Waals surface area contributed by atoms with Gasteiger partial charge in [-0.2, -0.15) is 0 Å². The lowest BCUT2D eigenvalue weighted by Gasteiger charge is -2.05. The van der Waals surface area contributed by atoms with E-state index in [1.807, 2.05) is 6.92 Å². The van der Waals surface area contributed by atoms with Crippen LogP contribution in [0.25, 0.3) is 0 Å². The highest BCUT2D eigenvalue weighted by Crippen LogP contribution is 2.08. The number of aromatic carboxylic acids is 2. The monoisotopic (exact) mass is 420 g/mol. The van der Waals surface area contributed by atoms with Gasteiger partial charge in [0.2, 0.25) is 11.5 Å². The van der Waals surface area contributed by atoms with Crippen LogP contribution in [0, 0.1) is 0 Å². The molecule has 0 saturated carbocycles. The van der Waals surface area contributed by atoms with Gasteiger partial charge in [0.05, 0.1) is 12.7 Å². The van der Waals surface area contributed by atoms with Crippen molar-refractivity contribution in [2.45, 2.75) is 84.0 Å². The normalized spacial score (nSPS) is 11.1. The molecule has 0 amide bonds. The maximum Gasteiger partial charge on any atom is 0.371 e. The number of furan rings is 1. The molecule has 1 rings (SSSR count). The summed E-state index contributed by atoms with van der Waals surface area (Å²) >= 11 is 0. The van der Waals surface area contributed by atoms with E-state index in [4.69, 9.17) is 30.6 Å². The van der Waals surface area contributed by atoms with Crippen molar-refractivity contribution in [3.05, 3.63) is 23.7 Å². The zero-order valence-corrected chi connectivity index (χ0v) is 17.3. The van der Waals surface area contributed by atoms with Gasteiger partial charge in [-0.15, -0.1) is 0 Å². The van der Waals surface area contributed by atoms with E-state index in [2.05, 4.69) is 11.3 Å². The third-order valence-corrected chi connectivity index (χ3v) is 3.68. The molecule has 1 aromatic rings. The Bertz CT molecular complexity index is 497. The second-order valence-electron chi connectivity index (χ2n) is 6.44. The number of aliphatic hydroxyl groups is 4. The largest absolute Gasteiger partial charge is 0.475 e. The molecular formula is C20H36O9. The average molecular weight is 420 g/mol. The molecule has 1 unspecified atom stereocenters. The molecule has 6 N–H and O–H groups in total. The minimum absolute atomic E-state index is 0.0883. The highest BCUT2D eigenvalue weighted by Gasteiger charge is 2.12. The Labute approximate surface area is 171 Å². The quantitative estimate of drug-likeness (QED) is 0.220. The molecule has 0 bridgehead atoms. The maximum absolute atomic E-state index is 10.2. The standard InChI is InChI=1S/C10H22O2.C6H4O5.C4H10O2/c1-2-3-4-5-6-7-8-10(12)9-11;7-5(8)3-1-2-4(11-3)6(9)10;1-2-3-4(5)6/h10-12H,2-9H2,1H3;1-2H,(H,7,8)(H,9,10);4-6H,2-3H2,1H3. The van der Waals surface area contributed by atoms with Crippen LogP contribution in [0.1, 0.15) is 92.7 Å². The Hall–Kier alpha value is -1.94. The van der Waals surface area contributed by atoms with E-state index in [0.29, 0.717) is 6.42 Å². The Balaban J connectivity index is 0. The molecule has 0 aliphatic carbocycles. The first-order valence-corrected chi connectivity index (χ1v) is 9.90. The van der Waals surface area contributed by atoms with Gasteiger partial charge in [-0.05, 0) is 25.0 Å². The minimum Gasteiger partial charge on any atom is -0.475 e. The summed E-state index contributed by atoms with van der Waals surface area (Å²) in [5, 5.41) is 50.3. The molecule has 9 heteroatoms. The number of hydrogen-bond donors (Lipinski definition) is 6. The van der Waals surface area contributed by atoms with Crippen molar-refractivity contribution in [1.82, 2.24) is 0 Å². The summed E-state index contributed by atoms with van der Waals surface area (Å²) in [5.74, 6) is -3.31. The van der Waals surface area contributed by atoms with Gasteiger partial charge in [0.1, 0.15) is 0 Å². The lowest BCUT2D eigenvalue weighted by Crippen LogP contribution is -2.10. The second kappa shape index (κ2) is 19.4. The summed E-state index contributed by atoms with van der Waals surface area (Å²) in [6.07, 6.45) is 7.90. The van der Waals surface area contributed by atoms with Gasteiger partial charge in [0.25, 0.3) is 0 Å². The first-order valence-electron chi connectivity index (χ1n) is 9.90. The number of rotatable bonds is 12. The van der Waals surface area contributed by atoms with Gasteiger partial charge in [-0.3, -0.25) is 0 Å². The van der Waals surface area contributed by atoms with Crippen molar-refractivity contribution < 1.29 is 44.6 Å². The first kappa shape index (κ1) is 29.3. The fraction of sp³-hybridized carbons (Fsp3) is 0.700. The summed E-state index contributed by atoms with van der Waals surface area (Å²) in [6.45, 7) is 4.02. The molecule has 0 fully saturated rings. The number of carbonyl (C=O) groups is 2. The third kappa shape index (κ3) is 19.2. The molecule has 0 aliphatic heterocycles. The molecule has 29 heavy (non-hydrogen) atoms. The SMILES string of the molecule is CCCC(O)O.CCCCCCCCC(O)CO.O=C(O)c1ccc(C(=O)O)o1. The predicted molar refractivity (Wildman–Crippen MR) is 107 cm³/mol. The average Bonchev–Trinajstić information content (AvgIpc) is 3.16. The molecule has 1 aromatic heterocycles. The van der Waals surface area contributed by atoms with Crippen LogP contribution in [0.2, 0.25) is 0 Å². The highest BCUT2D eigenvalue weighted by molar-refractivity contribution is 5.88. The van der Waals surface area contributed by atoms with Crippen LogP contribution in [0.3, 0.4) is 0 Å². The lowest BCUT2D eigenvalue weighted by atomic mass is 10.1. The van der Waals surface area contributed by atoms with E-state index < -0.39 is 24.3 Å². The molecule has 0 aromatic carbocycles. The van der Waals surface area contributed by atoms with Crippen molar-refractivity contribution in [3.63, 3.8) is 0 Å². The van der Waals surface area contributed by atoms with E-state index in [-0.39, 0.29) is 18.1 Å². The maximum atomic E-state index is 10.2. The number of unbranched alkanes of at least 4 members (excludes halogenated alkanes) is 5. The number of carboxylic acid groups (broad SMARTS) is 2. The number of aliphatic hydroxyl groups excluding tert-OH is 3. The smallest absolute Gasteiger partial charge is 0.371 e. The van der Waals surface area contributed by atoms with E-state index in [9.17, 15) is 9.59 Å². The summed E-state index contributed by atoms with van der Waals surface area (Å²) in [6, 6.07) is 2.18. The molecular weight excluding hydrogens is 384 g/mol. The van der Waals surface area contributed by atoms with Crippen molar-refractivity contribution in [2.24, 2.45) is 0 Å². The van der Waals surface area contributed by atoms with Crippen LogP contribution in [0.5, 0.6) is 0 Å². The van der Waals surface area contributed by atoms with Crippen molar-refractivity contribution in [1.29, 1.82) is 0 Å². The molecule has 1 atom stereocenters. The zero-order valence-electron chi connectivity index (χ0n) is 17.3. The van der Waals surface area contributed by atoms with E-state index in [0.717, 1.165) is 31.4 Å². The van der Waals surface area contributed by atoms with Gasteiger partial charge in [0, 0.05) is 0 Å². The summed E-state index contributed by atoms with van der Waals surface area (Å²) < 4.78 is 4.41. The topological polar surface area (TPSA) is 169 Å². The number of hydrogen-bond acceptors (Lipinski definition) is 7. The van der Waals surface area contributed by atoms with Crippen molar-refractivity contribution >= 4 is 11.9 Å². The summed E-state index contributed by atoms with van der Waals surface area (Å²) in [4.78, 5) is 20.3. The van der Waals surface area contributed by atoms with Gasteiger partial charge in [0.15, 0.2) is 6.29 Å². The molecule has 0 saturated heterocycles. The Kier molecular flexibility index (Phi) is 19.6. The highest BCUT2D eigenvalue weighted by atomic mass is 16.5.